The van der Waals surface area contributed by atoms with Gasteiger partial charge in [-0.1, -0.05) is 6.07 Å². The van der Waals surface area contributed by atoms with Gasteiger partial charge in [0.1, 0.15) is 18.5 Å². The summed E-state index contributed by atoms with van der Waals surface area (Å²) in [5, 5.41) is 5.76. The molecule has 0 spiro atoms. The van der Waals surface area contributed by atoms with Gasteiger partial charge in [0.05, 0.1) is 6.61 Å². The standard InChI is InChI=1S/C14H18F2N2O3.ClH/c1-9-2-3-10(6-11(9)21-8-13(15)16)18-14(19)12-7-17-4-5-20-12;/h2-3,6,12-13,17H,4-5,7-8H2,1H3,(H,18,19);1H. The number of carbonyl (C=O) groups excluding carboxylic acids is 1. The minimum atomic E-state index is -2.54. The number of hydrogen-bond acceptors (Lipinski definition) is 4. The van der Waals surface area contributed by atoms with Crippen LogP contribution in [0.4, 0.5) is 14.5 Å². The molecular weight excluding hydrogens is 318 g/mol. The van der Waals surface area contributed by atoms with Crippen molar-refractivity contribution in [1.82, 2.24) is 5.32 Å². The van der Waals surface area contributed by atoms with Gasteiger partial charge in [0.2, 0.25) is 0 Å². The number of halogens is 3. The second-order valence-corrected chi connectivity index (χ2v) is 4.74. The Hall–Kier alpha value is -1.44. The minimum Gasteiger partial charge on any atom is -0.487 e. The molecule has 1 fully saturated rings. The fraction of sp³-hybridized carbons (Fsp3) is 0.500. The van der Waals surface area contributed by atoms with Crippen molar-refractivity contribution >= 4 is 24.0 Å². The van der Waals surface area contributed by atoms with Crippen LogP contribution in [0.1, 0.15) is 5.56 Å². The molecule has 1 aliphatic rings. The van der Waals surface area contributed by atoms with Crippen LogP contribution in [-0.2, 0) is 9.53 Å². The highest BCUT2D eigenvalue weighted by Gasteiger charge is 2.21. The fourth-order valence-electron chi connectivity index (χ4n) is 1.94. The number of benzene rings is 1. The lowest BCUT2D eigenvalue weighted by Gasteiger charge is -2.22. The summed E-state index contributed by atoms with van der Waals surface area (Å²) in [6.45, 7) is 2.73. The highest BCUT2D eigenvalue weighted by atomic mass is 35.5. The molecule has 1 aliphatic heterocycles. The van der Waals surface area contributed by atoms with E-state index in [1.165, 1.54) is 6.07 Å². The summed E-state index contributed by atoms with van der Waals surface area (Å²) in [5.41, 5.74) is 1.22. The van der Waals surface area contributed by atoms with Crippen molar-refractivity contribution in [2.24, 2.45) is 0 Å². The second-order valence-electron chi connectivity index (χ2n) is 4.74. The number of carbonyl (C=O) groups is 1. The molecule has 2 N–H and O–H groups in total. The summed E-state index contributed by atoms with van der Waals surface area (Å²) >= 11 is 0. The molecule has 0 bridgehead atoms. The van der Waals surface area contributed by atoms with E-state index in [2.05, 4.69) is 10.6 Å². The minimum absolute atomic E-state index is 0. The number of morpholine rings is 1. The first-order valence-corrected chi connectivity index (χ1v) is 6.71. The highest BCUT2D eigenvalue weighted by Crippen LogP contribution is 2.23. The Morgan fingerprint density at radius 1 is 1.55 bits per heavy atom. The first kappa shape index (κ1) is 18.6. The van der Waals surface area contributed by atoms with Crippen molar-refractivity contribution in [1.29, 1.82) is 0 Å². The van der Waals surface area contributed by atoms with Crippen LogP contribution in [0.3, 0.4) is 0 Å². The molecule has 124 valence electrons. The van der Waals surface area contributed by atoms with Crippen LogP contribution in [0.15, 0.2) is 18.2 Å². The fourth-order valence-corrected chi connectivity index (χ4v) is 1.94. The Morgan fingerprint density at radius 3 is 2.95 bits per heavy atom. The van der Waals surface area contributed by atoms with Crippen molar-refractivity contribution in [2.75, 3.05) is 31.6 Å². The van der Waals surface area contributed by atoms with E-state index in [0.29, 0.717) is 24.6 Å². The monoisotopic (exact) mass is 336 g/mol. The second kappa shape index (κ2) is 8.87. The summed E-state index contributed by atoms with van der Waals surface area (Å²) in [4.78, 5) is 12.0. The first-order chi connectivity index (χ1) is 10.1. The zero-order valence-corrected chi connectivity index (χ0v) is 12.9. The maximum Gasteiger partial charge on any atom is 0.272 e. The van der Waals surface area contributed by atoms with E-state index in [1.54, 1.807) is 19.1 Å². The number of amides is 1. The zero-order chi connectivity index (χ0) is 15.2. The molecule has 0 radical (unpaired) electrons. The molecule has 22 heavy (non-hydrogen) atoms. The van der Waals surface area contributed by atoms with Crippen LogP contribution >= 0.6 is 12.4 Å². The van der Waals surface area contributed by atoms with Crippen molar-refractivity contribution in [3.8, 4) is 5.75 Å². The predicted molar refractivity (Wildman–Crippen MR) is 81.2 cm³/mol. The molecule has 1 amide bonds. The lowest BCUT2D eigenvalue weighted by atomic mass is 10.2. The summed E-state index contributed by atoms with van der Waals surface area (Å²) in [5.74, 6) is 0.0571. The van der Waals surface area contributed by atoms with Crippen molar-refractivity contribution < 1.29 is 23.0 Å². The van der Waals surface area contributed by atoms with E-state index in [-0.39, 0.29) is 18.3 Å². The van der Waals surface area contributed by atoms with E-state index in [1.807, 2.05) is 0 Å². The maximum atomic E-state index is 12.2. The molecule has 1 heterocycles. The third-order valence-electron chi connectivity index (χ3n) is 3.04. The molecule has 0 saturated carbocycles. The Bertz CT molecular complexity index is 497. The Morgan fingerprint density at radius 2 is 2.32 bits per heavy atom. The molecule has 0 aromatic heterocycles. The van der Waals surface area contributed by atoms with Gasteiger partial charge in [0.15, 0.2) is 0 Å². The predicted octanol–water partition coefficient (Wildman–Crippen LogP) is 1.99. The van der Waals surface area contributed by atoms with Crippen molar-refractivity contribution in [2.45, 2.75) is 19.5 Å². The number of nitrogens with one attached hydrogen (secondary N) is 2. The number of aryl methyl sites for hydroxylation is 1. The topological polar surface area (TPSA) is 59.6 Å². The average Bonchev–Trinajstić information content (AvgIpc) is 2.48. The van der Waals surface area contributed by atoms with Gasteiger partial charge in [-0.05, 0) is 18.6 Å². The summed E-state index contributed by atoms with van der Waals surface area (Å²) in [7, 11) is 0. The summed E-state index contributed by atoms with van der Waals surface area (Å²) < 4.78 is 34.7. The molecule has 1 aromatic carbocycles. The van der Waals surface area contributed by atoms with Gasteiger partial charge in [-0.2, -0.15) is 0 Å². The van der Waals surface area contributed by atoms with Crippen LogP contribution in [0.2, 0.25) is 0 Å². The molecule has 1 aromatic rings. The Labute approximate surface area is 133 Å². The molecule has 1 atom stereocenters. The van der Waals surface area contributed by atoms with Gasteiger partial charge in [0, 0.05) is 24.8 Å². The molecule has 1 unspecified atom stereocenters. The lowest BCUT2D eigenvalue weighted by Crippen LogP contribution is -2.45. The number of ether oxygens (including phenoxy) is 2. The molecular formula is C14H19ClF2N2O3. The normalized spacial score (nSPS) is 17.7. The number of rotatable bonds is 5. The van der Waals surface area contributed by atoms with Crippen LogP contribution in [-0.4, -0.2) is 44.7 Å². The SMILES string of the molecule is Cc1ccc(NC(=O)C2CNCCO2)cc1OCC(F)F.Cl. The van der Waals surface area contributed by atoms with Gasteiger partial charge in [-0.15, -0.1) is 12.4 Å². The molecule has 8 heteroatoms. The largest absolute Gasteiger partial charge is 0.487 e. The van der Waals surface area contributed by atoms with Crippen LogP contribution in [0.5, 0.6) is 5.75 Å². The van der Waals surface area contributed by atoms with E-state index in [0.717, 1.165) is 12.1 Å². The quantitative estimate of drug-likeness (QED) is 0.863. The van der Waals surface area contributed by atoms with Crippen molar-refractivity contribution in [3.05, 3.63) is 23.8 Å². The molecule has 1 saturated heterocycles. The smallest absolute Gasteiger partial charge is 0.272 e. The van der Waals surface area contributed by atoms with Gasteiger partial charge in [0.25, 0.3) is 12.3 Å². The van der Waals surface area contributed by atoms with E-state index in [9.17, 15) is 13.6 Å². The molecule has 0 aliphatic carbocycles. The Balaban J connectivity index is 0.00000242. The van der Waals surface area contributed by atoms with E-state index >= 15 is 0 Å². The van der Waals surface area contributed by atoms with Crippen molar-refractivity contribution in [3.63, 3.8) is 0 Å². The van der Waals surface area contributed by atoms with Crippen LogP contribution in [0.25, 0.3) is 0 Å². The zero-order valence-electron chi connectivity index (χ0n) is 12.1. The molecule has 2 rings (SSSR count). The van der Waals surface area contributed by atoms with Crippen LogP contribution in [0, 0.1) is 6.92 Å². The lowest BCUT2D eigenvalue weighted by molar-refractivity contribution is -0.128. The first-order valence-electron chi connectivity index (χ1n) is 6.71. The van der Waals surface area contributed by atoms with Gasteiger partial charge in [-0.25, -0.2) is 8.78 Å². The third-order valence-corrected chi connectivity index (χ3v) is 3.04. The third kappa shape index (κ3) is 5.40. The molecule has 5 nitrogen and oxygen atoms in total. The van der Waals surface area contributed by atoms with Gasteiger partial charge in [-0.3, -0.25) is 4.79 Å². The Kier molecular flexibility index (Phi) is 7.50. The van der Waals surface area contributed by atoms with E-state index < -0.39 is 19.1 Å². The summed E-state index contributed by atoms with van der Waals surface area (Å²) in [6.07, 6.45) is -3.09. The van der Waals surface area contributed by atoms with Gasteiger partial charge >= 0.3 is 0 Å². The highest BCUT2D eigenvalue weighted by molar-refractivity contribution is 5.94. The number of hydrogen-bond donors (Lipinski definition) is 2. The van der Waals surface area contributed by atoms with Gasteiger partial charge < -0.3 is 20.1 Å². The van der Waals surface area contributed by atoms with E-state index in [4.69, 9.17) is 9.47 Å². The number of alkyl halides is 2. The number of anilines is 1. The average molecular weight is 337 g/mol. The summed E-state index contributed by atoms with van der Waals surface area (Å²) in [6, 6.07) is 4.93. The van der Waals surface area contributed by atoms with Crippen LogP contribution < -0.4 is 15.4 Å². The maximum absolute atomic E-state index is 12.2.